The summed E-state index contributed by atoms with van der Waals surface area (Å²) in [5, 5.41) is 10.2. The Morgan fingerprint density at radius 2 is 1.90 bits per heavy atom. The summed E-state index contributed by atoms with van der Waals surface area (Å²) in [5.41, 5.74) is 1.70. The molecule has 0 aliphatic carbocycles. The van der Waals surface area contributed by atoms with Gasteiger partial charge >= 0.3 is 0 Å². The number of methoxy groups -OCH3 is 1. The molecule has 0 saturated carbocycles. The average molecular weight is 293 g/mol. The predicted molar refractivity (Wildman–Crippen MR) is 79.4 cm³/mol. The number of rotatable bonds is 5. The third-order valence-corrected chi connectivity index (χ3v) is 3.38. The normalized spacial score (nSPS) is 12.0. The Kier molecular flexibility index (Phi) is 4.88. The summed E-state index contributed by atoms with van der Waals surface area (Å²) in [6.07, 6.45) is -0.540. The number of benzene rings is 2. The first-order chi connectivity index (χ1) is 9.61. The number of hydrogen-bond donors (Lipinski definition) is 1. The van der Waals surface area contributed by atoms with Crippen molar-refractivity contribution in [3.05, 3.63) is 58.6 Å². The molecule has 2 rings (SSSR count). The zero-order chi connectivity index (χ0) is 14.5. The molecule has 0 aliphatic rings. The van der Waals surface area contributed by atoms with Crippen molar-refractivity contribution in [3.8, 4) is 11.5 Å². The van der Waals surface area contributed by atoms with Gasteiger partial charge in [0, 0.05) is 10.6 Å². The minimum Gasteiger partial charge on any atom is -0.493 e. The highest BCUT2D eigenvalue weighted by molar-refractivity contribution is 6.31. The Balaban J connectivity index is 2.15. The Bertz CT molecular complexity index is 582. The molecule has 3 nitrogen and oxygen atoms in total. The summed E-state index contributed by atoms with van der Waals surface area (Å²) in [4.78, 5) is 0. The fourth-order valence-electron chi connectivity index (χ4n) is 1.83. The van der Waals surface area contributed by atoms with Crippen LogP contribution in [0.15, 0.2) is 42.5 Å². The standard InChI is InChI=1S/C16H17ClO3/c1-11(18)12-7-8-15(16(9-12)19-2)20-10-13-5-3-4-6-14(13)17/h3-9,11,18H,10H2,1-2H3. The molecule has 106 valence electrons. The van der Waals surface area contributed by atoms with Crippen LogP contribution >= 0.6 is 11.6 Å². The molecule has 2 aromatic rings. The Labute approximate surface area is 123 Å². The van der Waals surface area contributed by atoms with Gasteiger partial charge in [-0.15, -0.1) is 0 Å². The zero-order valence-electron chi connectivity index (χ0n) is 11.5. The number of halogens is 1. The lowest BCUT2D eigenvalue weighted by molar-refractivity contribution is 0.198. The average Bonchev–Trinajstić information content (AvgIpc) is 2.46. The van der Waals surface area contributed by atoms with Gasteiger partial charge in [0.2, 0.25) is 0 Å². The van der Waals surface area contributed by atoms with Crippen molar-refractivity contribution in [1.82, 2.24) is 0 Å². The smallest absolute Gasteiger partial charge is 0.161 e. The van der Waals surface area contributed by atoms with Crippen LogP contribution in [0.5, 0.6) is 11.5 Å². The fourth-order valence-corrected chi connectivity index (χ4v) is 2.02. The maximum absolute atomic E-state index is 9.57. The monoisotopic (exact) mass is 292 g/mol. The molecule has 1 atom stereocenters. The van der Waals surface area contributed by atoms with Crippen LogP contribution in [0.1, 0.15) is 24.2 Å². The van der Waals surface area contributed by atoms with Gasteiger partial charge in [-0.05, 0) is 30.7 Å². The van der Waals surface area contributed by atoms with Gasteiger partial charge < -0.3 is 14.6 Å². The molecule has 4 heteroatoms. The summed E-state index contributed by atoms with van der Waals surface area (Å²) in [6, 6.07) is 12.9. The van der Waals surface area contributed by atoms with Crippen LogP contribution in [0.25, 0.3) is 0 Å². The van der Waals surface area contributed by atoms with E-state index < -0.39 is 6.10 Å². The molecule has 0 aliphatic heterocycles. The van der Waals surface area contributed by atoms with Crippen LogP contribution in [0, 0.1) is 0 Å². The van der Waals surface area contributed by atoms with E-state index >= 15 is 0 Å². The van der Waals surface area contributed by atoms with Crippen LogP contribution in [-0.4, -0.2) is 12.2 Å². The molecule has 0 amide bonds. The lowest BCUT2D eigenvalue weighted by atomic mass is 10.1. The summed E-state index contributed by atoms with van der Waals surface area (Å²) >= 11 is 6.09. The van der Waals surface area contributed by atoms with Crippen molar-refractivity contribution in [2.75, 3.05) is 7.11 Å². The molecule has 20 heavy (non-hydrogen) atoms. The molecule has 0 radical (unpaired) electrons. The summed E-state index contributed by atoms with van der Waals surface area (Å²) in [6.45, 7) is 2.07. The second-order valence-electron chi connectivity index (χ2n) is 4.47. The molecule has 1 N–H and O–H groups in total. The molecular weight excluding hydrogens is 276 g/mol. The molecule has 2 aromatic carbocycles. The highest BCUT2D eigenvalue weighted by atomic mass is 35.5. The van der Waals surface area contributed by atoms with Crippen molar-refractivity contribution >= 4 is 11.6 Å². The van der Waals surface area contributed by atoms with Crippen molar-refractivity contribution in [1.29, 1.82) is 0 Å². The summed E-state index contributed by atoms with van der Waals surface area (Å²) < 4.78 is 11.0. The largest absolute Gasteiger partial charge is 0.493 e. The van der Waals surface area contributed by atoms with Gasteiger partial charge in [0.15, 0.2) is 11.5 Å². The Morgan fingerprint density at radius 3 is 2.55 bits per heavy atom. The Hall–Kier alpha value is -1.71. The maximum Gasteiger partial charge on any atom is 0.161 e. The van der Waals surface area contributed by atoms with Crippen LogP contribution in [0.3, 0.4) is 0 Å². The van der Waals surface area contributed by atoms with Crippen LogP contribution < -0.4 is 9.47 Å². The fraction of sp³-hybridized carbons (Fsp3) is 0.250. The van der Waals surface area contributed by atoms with Gasteiger partial charge in [0.1, 0.15) is 6.61 Å². The Morgan fingerprint density at radius 1 is 1.15 bits per heavy atom. The third-order valence-electron chi connectivity index (χ3n) is 3.01. The van der Waals surface area contributed by atoms with Gasteiger partial charge in [-0.2, -0.15) is 0 Å². The minimum atomic E-state index is -0.540. The second kappa shape index (κ2) is 6.64. The van der Waals surface area contributed by atoms with E-state index in [1.165, 1.54) is 0 Å². The van der Waals surface area contributed by atoms with E-state index in [0.717, 1.165) is 11.1 Å². The molecule has 0 heterocycles. The molecule has 0 aromatic heterocycles. The van der Waals surface area contributed by atoms with Crippen LogP contribution in [0.2, 0.25) is 5.02 Å². The van der Waals surface area contributed by atoms with Crippen molar-refractivity contribution < 1.29 is 14.6 Å². The van der Waals surface area contributed by atoms with Gasteiger partial charge in [0.05, 0.1) is 13.2 Å². The summed E-state index contributed by atoms with van der Waals surface area (Å²) in [5.74, 6) is 1.22. The SMILES string of the molecule is COc1cc(C(C)O)ccc1OCc1ccccc1Cl. The van der Waals surface area contributed by atoms with Gasteiger partial charge in [-0.25, -0.2) is 0 Å². The third kappa shape index (κ3) is 3.44. The topological polar surface area (TPSA) is 38.7 Å². The maximum atomic E-state index is 9.57. The number of hydrogen-bond acceptors (Lipinski definition) is 3. The molecular formula is C16H17ClO3. The minimum absolute atomic E-state index is 0.365. The highest BCUT2D eigenvalue weighted by Crippen LogP contribution is 2.31. The lowest BCUT2D eigenvalue weighted by Gasteiger charge is -2.13. The van der Waals surface area contributed by atoms with Gasteiger partial charge in [0.25, 0.3) is 0 Å². The number of aliphatic hydroxyl groups is 1. The van der Waals surface area contributed by atoms with E-state index in [0.29, 0.717) is 23.1 Å². The van der Waals surface area contributed by atoms with E-state index in [1.807, 2.05) is 30.3 Å². The van der Waals surface area contributed by atoms with Gasteiger partial charge in [-0.3, -0.25) is 0 Å². The molecule has 0 fully saturated rings. The van der Waals surface area contributed by atoms with Crippen LogP contribution in [-0.2, 0) is 6.61 Å². The first kappa shape index (κ1) is 14.7. The lowest BCUT2D eigenvalue weighted by Crippen LogP contribution is -2.00. The van der Waals surface area contributed by atoms with E-state index in [-0.39, 0.29) is 0 Å². The molecule has 0 saturated heterocycles. The van der Waals surface area contributed by atoms with E-state index in [4.69, 9.17) is 21.1 Å². The number of ether oxygens (including phenoxy) is 2. The highest BCUT2D eigenvalue weighted by Gasteiger charge is 2.09. The van der Waals surface area contributed by atoms with E-state index in [1.54, 1.807) is 26.2 Å². The van der Waals surface area contributed by atoms with Crippen molar-refractivity contribution in [3.63, 3.8) is 0 Å². The van der Waals surface area contributed by atoms with E-state index in [9.17, 15) is 5.11 Å². The first-order valence-corrected chi connectivity index (χ1v) is 6.72. The van der Waals surface area contributed by atoms with E-state index in [2.05, 4.69) is 0 Å². The zero-order valence-corrected chi connectivity index (χ0v) is 12.2. The summed E-state index contributed by atoms with van der Waals surface area (Å²) in [7, 11) is 1.57. The molecule has 1 unspecified atom stereocenters. The molecule has 0 bridgehead atoms. The quantitative estimate of drug-likeness (QED) is 0.906. The first-order valence-electron chi connectivity index (χ1n) is 6.34. The second-order valence-corrected chi connectivity index (χ2v) is 4.87. The van der Waals surface area contributed by atoms with Crippen molar-refractivity contribution in [2.24, 2.45) is 0 Å². The van der Waals surface area contributed by atoms with Crippen molar-refractivity contribution in [2.45, 2.75) is 19.6 Å². The van der Waals surface area contributed by atoms with Crippen LogP contribution in [0.4, 0.5) is 0 Å². The van der Waals surface area contributed by atoms with Gasteiger partial charge in [-0.1, -0.05) is 35.9 Å². The predicted octanol–water partition coefficient (Wildman–Crippen LogP) is 3.98. The number of aliphatic hydroxyl groups excluding tert-OH is 1. The molecule has 0 spiro atoms.